The van der Waals surface area contributed by atoms with Crippen LogP contribution in [0.3, 0.4) is 0 Å². The van der Waals surface area contributed by atoms with Gasteiger partial charge in [0.05, 0.1) is 17.3 Å². The number of β-amino-alcohol motifs (C(OH)–C–C–N with tert-alkyl or cyclic N) is 1. The maximum atomic E-state index is 10.3. The first-order valence-electron chi connectivity index (χ1n) is 13.4. The molecule has 5 nitrogen and oxygen atoms in total. The maximum absolute atomic E-state index is 10.3. The van der Waals surface area contributed by atoms with Gasteiger partial charge in [-0.05, 0) is 56.5 Å². The van der Waals surface area contributed by atoms with Crippen LogP contribution in [0.5, 0.6) is 0 Å². The fourth-order valence-corrected chi connectivity index (χ4v) is 6.04. The lowest BCUT2D eigenvalue weighted by Crippen LogP contribution is -2.51. The summed E-state index contributed by atoms with van der Waals surface area (Å²) in [5, 5.41) is 10.3. The van der Waals surface area contributed by atoms with E-state index in [-0.39, 0.29) is 11.6 Å². The van der Waals surface area contributed by atoms with Crippen molar-refractivity contribution in [3.05, 3.63) is 59.3 Å². The minimum atomic E-state index is -0.491. The molecule has 35 heavy (non-hydrogen) atoms. The number of anilines is 1. The molecular formula is C30H39N3O2. The van der Waals surface area contributed by atoms with Crippen LogP contribution in [-0.2, 0) is 11.2 Å². The SMILES string of the molecule is CO[C@@H]1CN(c2ccc(C#CC3(N4CCCCC4)CCCCC3)c(Cc3ccccc3)n2)C[C@H]1O. The molecule has 0 unspecified atom stereocenters. The molecule has 2 atom stereocenters. The molecule has 0 spiro atoms. The lowest BCUT2D eigenvalue weighted by molar-refractivity contribution is 0.0217. The number of aliphatic hydroxyl groups is 1. The number of benzene rings is 1. The predicted molar refractivity (Wildman–Crippen MR) is 141 cm³/mol. The first kappa shape index (κ1) is 24.3. The van der Waals surface area contributed by atoms with Gasteiger partial charge in [0.2, 0.25) is 0 Å². The summed E-state index contributed by atoms with van der Waals surface area (Å²) in [6, 6.07) is 14.7. The molecule has 1 aromatic heterocycles. The summed E-state index contributed by atoms with van der Waals surface area (Å²) in [5.41, 5.74) is 3.30. The van der Waals surface area contributed by atoms with E-state index in [1.54, 1.807) is 7.11 Å². The molecular weight excluding hydrogens is 434 g/mol. The number of hydrogen-bond acceptors (Lipinski definition) is 5. The summed E-state index contributed by atoms with van der Waals surface area (Å²) in [5.74, 6) is 8.36. The Morgan fingerprint density at radius 1 is 0.971 bits per heavy atom. The molecule has 186 valence electrons. The molecule has 1 saturated carbocycles. The highest BCUT2D eigenvalue weighted by molar-refractivity contribution is 5.50. The Hall–Kier alpha value is -2.39. The molecule has 1 aliphatic carbocycles. The van der Waals surface area contributed by atoms with Gasteiger partial charge in [-0.2, -0.15) is 0 Å². The van der Waals surface area contributed by atoms with E-state index in [1.807, 2.05) is 0 Å². The highest BCUT2D eigenvalue weighted by atomic mass is 16.5. The summed E-state index contributed by atoms with van der Waals surface area (Å²) in [4.78, 5) is 9.91. The van der Waals surface area contributed by atoms with E-state index in [9.17, 15) is 5.11 Å². The van der Waals surface area contributed by atoms with Crippen LogP contribution in [0.2, 0.25) is 0 Å². The zero-order valence-electron chi connectivity index (χ0n) is 21.1. The standard InChI is InChI=1S/C30H39N3O2/c1-35-28-23-32(22-27(28)34)29-14-13-25(26(31-29)21-24-11-5-2-6-12-24)15-18-30(16-7-3-8-17-30)33-19-9-4-10-20-33/h2,5-6,11-14,27-28,34H,3-4,7-10,16-17,19-23H2,1H3/t27-,28-/m1/s1. The van der Waals surface area contributed by atoms with E-state index in [4.69, 9.17) is 9.72 Å². The third-order valence-electron chi connectivity index (χ3n) is 8.11. The summed E-state index contributed by atoms with van der Waals surface area (Å²) in [7, 11) is 1.66. The van der Waals surface area contributed by atoms with E-state index in [1.165, 1.54) is 70.0 Å². The second-order valence-corrected chi connectivity index (χ2v) is 10.5. The smallest absolute Gasteiger partial charge is 0.129 e. The average Bonchev–Trinajstić information content (AvgIpc) is 3.30. The number of ether oxygens (including phenoxy) is 1. The van der Waals surface area contributed by atoms with Gasteiger partial charge in [-0.3, -0.25) is 4.90 Å². The average molecular weight is 474 g/mol. The highest BCUT2D eigenvalue weighted by Gasteiger charge is 2.37. The van der Waals surface area contributed by atoms with Gasteiger partial charge in [-0.1, -0.05) is 67.9 Å². The van der Waals surface area contributed by atoms with E-state index >= 15 is 0 Å². The summed E-state index contributed by atoms with van der Waals surface area (Å²) in [6.07, 6.45) is 10.3. The third kappa shape index (κ3) is 5.56. The lowest BCUT2D eigenvalue weighted by atomic mass is 9.79. The molecule has 2 aliphatic heterocycles. The summed E-state index contributed by atoms with van der Waals surface area (Å²) >= 11 is 0. The van der Waals surface area contributed by atoms with Crippen molar-refractivity contribution in [3.8, 4) is 11.8 Å². The molecule has 5 rings (SSSR count). The monoisotopic (exact) mass is 473 g/mol. The van der Waals surface area contributed by atoms with Crippen molar-refractivity contribution < 1.29 is 9.84 Å². The van der Waals surface area contributed by atoms with Crippen molar-refractivity contribution in [3.63, 3.8) is 0 Å². The number of aliphatic hydroxyl groups excluding tert-OH is 1. The van der Waals surface area contributed by atoms with Crippen LogP contribution in [-0.4, -0.2) is 66.0 Å². The number of methoxy groups -OCH3 is 1. The van der Waals surface area contributed by atoms with Crippen molar-refractivity contribution in [2.75, 3.05) is 38.2 Å². The molecule has 0 bridgehead atoms. The molecule has 3 heterocycles. The molecule has 3 aliphatic rings. The zero-order valence-corrected chi connectivity index (χ0v) is 21.1. The highest BCUT2D eigenvalue weighted by Crippen LogP contribution is 2.35. The molecule has 0 radical (unpaired) electrons. The van der Waals surface area contributed by atoms with Gasteiger partial charge < -0.3 is 14.7 Å². The van der Waals surface area contributed by atoms with Gasteiger partial charge in [0, 0.05) is 32.2 Å². The van der Waals surface area contributed by atoms with Crippen molar-refractivity contribution in [2.24, 2.45) is 0 Å². The zero-order chi connectivity index (χ0) is 24.1. The number of nitrogens with zero attached hydrogens (tertiary/aromatic N) is 3. The third-order valence-corrected chi connectivity index (χ3v) is 8.11. The number of rotatable bonds is 5. The predicted octanol–water partition coefficient (Wildman–Crippen LogP) is 4.41. The maximum Gasteiger partial charge on any atom is 0.129 e. The fourth-order valence-electron chi connectivity index (χ4n) is 6.04. The van der Waals surface area contributed by atoms with Crippen LogP contribution >= 0.6 is 0 Å². The Morgan fingerprint density at radius 2 is 1.71 bits per heavy atom. The van der Waals surface area contributed by atoms with Crippen molar-refractivity contribution >= 4 is 5.82 Å². The molecule has 1 aromatic carbocycles. The van der Waals surface area contributed by atoms with E-state index in [2.05, 4.69) is 64.1 Å². The van der Waals surface area contributed by atoms with Gasteiger partial charge in [-0.25, -0.2) is 4.98 Å². The van der Waals surface area contributed by atoms with Gasteiger partial charge in [0.25, 0.3) is 0 Å². The molecule has 2 saturated heterocycles. The Kier molecular flexibility index (Phi) is 7.72. The Bertz CT molecular complexity index is 1030. The number of aromatic nitrogens is 1. The minimum Gasteiger partial charge on any atom is -0.388 e. The number of likely N-dealkylation sites (tertiary alicyclic amines) is 1. The quantitative estimate of drug-likeness (QED) is 0.652. The molecule has 5 heteroatoms. The van der Waals surface area contributed by atoms with Gasteiger partial charge in [0.1, 0.15) is 11.9 Å². The number of hydrogen-bond donors (Lipinski definition) is 1. The molecule has 3 fully saturated rings. The van der Waals surface area contributed by atoms with Crippen molar-refractivity contribution in [1.82, 2.24) is 9.88 Å². The summed E-state index contributed by atoms with van der Waals surface area (Å²) in [6.45, 7) is 3.55. The Labute approximate surface area is 210 Å². The van der Waals surface area contributed by atoms with E-state index in [0.29, 0.717) is 13.1 Å². The van der Waals surface area contributed by atoms with Crippen LogP contribution in [0.25, 0.3) is 0 Å². The van der Waals surface area contributed by atoms with Crippen LogP contribution in [0.4, 0.5) is 5.82 Å². The molecule has 2 aromatic rings. The lowest BCUT2D eigenvalue weighted by Gasteiger charge is -2.44. The fraction of sp³-hybridized carbons (Fsp3) is 0.567. The van der Waals surface area contributed by atoms with E-state index < -0.39 is 6.10 Å². The normalized spacial score (nSPS) is 24.7. The number of pyridine rings is 1. The second-order valence-electron chi connectivity index (χ2n) is 10.5. The topological polar surface area (TPSA) is 48.8 Å². The van der Waals surface area contributed by atoms with Crippen LogP contribution in [0.15, 0.2) is 42.5 Å². The summed E-state index contributed by atoms with van der Waals surface area (Å²) < 4.78 is 5.45. The van der Waals surface area contributed by atoms with Gasteiger partial charge in [0.15, 0.2) is 0 Å². The minimum absolute atomic E-state index is 0.0199. The van der Waals surface area contributed by atoms with Crippen molar-refractivity contribution in [1.29, 1.82) is 0 Å². The molecule has 1 N–H and O–H groups in total. The van der Waals surface area contributed by atoms with Gasteiger partial charge in [-0.15, -0.1) is 0 Å². The number of piperidine rings is 1. The van der Waals surface area contributed by atoms with Crippen LogP contribution in [0, 0.1) is 11.8 Å². The second kappa shape index (κ2) is 11.1. The van der Waals surface area contributed by atoms with Gasteiger partial charge >= 0.3 is 0 Å². The van der Waals surface area contributed by atoms with Crippen molar-refractivity contribution in [2.45, 2.75) is 75.5 Å². The Balaban J connectivity index is 1.47. The first-order valence-corrected chi connectivity index (χ1v) is 13.4. The van der Waals surface area contributed by atoms with Crippen LogP contribution < -0.4 is 4.90 Å². The molecule has 0 amide bonds. The first-order chi connectivity index (χ1) is 17.2. The Morgan fingerprint density at radius 3 is 2.43 bits per heavy atom. The van der Waals surface area contributed by atoms with E-state index in [0.717, 1.165) is 23.5 Å². The largest absolute Gasteiger partial charge is 0.388 e. The van der Waals surface area contributed by atoms with Crippen LogP contribution in [0.1, 0.15) is 68.2 Å².